The summed E-state index contributed by atoms with van der Waals surface area (Å²) in [6, 6.07) is 6.35. The molecule has 3 aromatic rings. The summed E-state index contributed by atoms with van der Waals surface area (Å²) in [5.41, 5.74) is -0.285. The Hall–Kier alpha value is -2.39. The molecule has 2 atom stereocenters. The molecule has 29 heavy (non-hydrogen) atoms. The monoisotopic (exact) mass is 420 g/mol. The Labute approximate surface area is 169 Å². The van der Waals surface area contributed by atoms with E-state index in [2.05, 4.69) is 20.2 Å². The number of piperazine rings is 1. The van der Waals surface area contributed by atoms with Gasteiger partial charge in [-0.15, -0.1) is 11.3 Å². The average Bonchev–Trinajstić information content (AvgIpc) is 3.29. The third kappa shape index (κ3) is 3.32. The van der Waals surface area contributed by atoms with E-state index in [4.69, 9.17) is 4.74 Å². The van der Waals surface area contributed by atoms with Gasteiger partial charge in [0.2, 0.25) is 0 Å². The van der Waals surface area contributed by atoms with Crippen molar-refractivity contribution in [3.8, 4) is 16.2 Å². The molecule has 0 radical (unpaired) electrons. The first-order valence-corrected chi connectivity index (χ1v) is 10.2. The summed E-state index contributed by atoms with van der Waals surface area (Å²) in [5.74, 6) is 1.25. The van der Waals surface area contributed by atoms with Crippen molar-refractivity contribution in [3.05, 3.63) is 36.2 Å². The molecule has 5 rings (SSSR count). The van der Waals surface area contributed by atoms with E-state index in [-0.39, 0.29) is 0 Å². The van der Waals surface area contributed by atoms with E-state index in [1.807, 2.05) is 6.07 Å². The van der Waals surface area contributed by atoms with Crippen LogP contribution in [0.2, 0.25) is 0 Å². The van der Waals surface area contributed by atoms with Crippen molar-refractivity contribution in [2.24, 2.45) is 0 Å². The number of aromatic nitrogens is 2. The summed E-state index contributed by atoms with van der Waals surface area (Å²) in [7, 11) is 1.46. The number of ether oxygens (including phenoxy) is 1. The Balaban J connectivity index is 1.59. The van der Waals surface area contributed by atoms with Crippen molar-refractivity contribution >= 4 is 27.4 Å². The highest BCUT2D eigenvalue weighted by Crippen LogP contribution is 2.43. The van der Waals surface area contributed by atoms with Gasteiger partial charge in [-0.2, -0.15) is 13.2 Å². The lowest BCUT2D eigenvalue weighted by Crippen LogP contribution is -2.51. The molecule has 2 saturated heterocycles. The van der Waals surface area contributed by atoms with Crippen molar-refractivity contribution in [1.29, 1.82) is 0 Å². The average molecular weight is 420 g/mol. The second kappa shape index (κ2) is 6.84. The number of thiophene rings is 1. The van der Waals surface area contributed by atoms with Gasteiger partial charge in [0.05, 0.1) is 18.1 Å². The van der Waals surface area contributed by atoms with Crippen LogP contribution in [0.3, 0.4) is 0 Å². The minimum absolute atomic E-state index is 0.402. The number of alkyl halides is 3. The van der Waals surface area contributed by atoms with Gasteiger partial charge < -0.3 is 15.0 Å². The smallest absolute Gasteiger partial charge is 0.416 e. The number of halogens is 3. The lowest BCUT2D eigenvalue weighted by atomic mass is 10.1. The standard InChI is InChI=1S/C20H19F3N4OS/c1-28-16-5-2-11(20(21,22)23)6-14(16)17-7-15-18(24-10-25-19(15)29-17)27-8-12-3-4-13(9-27)26-12/h2,5-7,10,12-13,26H,3-4,8-9H2,1H3. The van der Waals surface area contributed by atoms with Gasteiger partial charge in [-0.05, 0) is 37.1 Å². The second-order valence-electron chi connectivity index (χ2n) is 7.48. The number of hydrogen-bond donors (Lipinski definition) is 1. The van der Waals surface area contributed by atoms with Crippen molar-refractivity contribution in [1.82, 2.24) is 15.3 Å². The van der Waals surface area contributed by atoms with E-state index in [9.17, 15) is 13.2 Å². The molecule has 9 heteroatoms. The lowest BCUT2D eigenvalue weighted by Gasteiger charge is -2.33. The maximum absolute atomic E-state index is 13.2. The predicted octanol–water partition coefficient (Wildman–Crippen LogP) is 4.33. The predicted molar refractivity (Wildman–Crippen MR) is 107 cm³/mol. The Morgan fingerprint density at radius 1 is 1.14 bits per heavy atom. The number of nitrogens with one attached hydrogen (secondary N) is 1. The van der Waals surface area contributed by atoms with E-state index in [0.29, 0.717) is 28.3 Å². The third-order valence-electron chi connectivity index (χ3n) is 5.62. The van der Waals surface area contributed by atoms with Crippen LogP contribution in [0.1, 0.15) is 18.4 Å². The molecule has 5 nitrogen and oxygen atoms in total. The molecule has 2 aliphatic heterocycles. The molecule has 2 unspecified atom stereocenters. The minimum atomic E-state index is -4.41. The number of fused-ring (bicyclic) bond motifs is 3. The van der Waals surface area contributed by atoms with Crippen LogP contribution < -0.4 is 15.0 Å². The summed E-state index contributed by atoms with van der Waals surface area (Å²) in [4.78, 5) is 12.6. The highest BCUT2D eigenvalue weighted by Gasteiger charge is 2.34. The SMILES string of the molecule is COc1ccc(C(F)(F)F)cc1-c1cc2c(N3CC4CCC(C3)N4)ncnc2s1. The molecule has 2 bridgehead atoms. The molecule has 1 N–H and O–H groups in total. The van der Waals surface area contributed by atoms with Gasteiger partial charge in [0.25, 0.3) is 0 Å². The summed E-state index contributed by atoms with van der Waals surface area (Å²) >= 11 is 1.35. The number of rotatable bonds is 3. The molecule has 0 aliphatic carbocycles. The van der Waals surface area contributed by atoms with E-state index in [0.717, 1.165) is 54.1 Å². The van der Waals surface area contributed by atoms with Gasteiger partial charge in [0, 0.05) is 35.6 Å². The molecular formula is C20H19F3N4OS. The Morgan fingerprint density at radius 3 is 2.59 bits per heavy atom. The number of nitrogens with zero attached hydrogens (tertiary/aromatic N) is 3. The molecule has 1 aromatic carbocycles. The number of anilines is 1. The normalized spacial score (nSPS) is 21.7. The van der Waals surface area contributed by atoms with Crippen LogP contribution in [0.4, 0.5) is 19.0 Å². The topological polar surface area (TPSA) is 50.3 Å². The van der Waals surface area contributed by atoms with Crippen molar-refractivity contribution in [3.63, 3.8) is 0 Å². The Bertz CT molecular complexity index is 1060. The molecule has 0 amide bonds. The fourth-order valence-corrected chi connectivity index (χ4v) is 5.29. The molecule has 4 heterocycles. The van der Waals surface area contributed by atoms with Gasteiger partial charge >= 0.3 is 6.18 Å². The van der Waals surface area contributed by atoms with E-state index in [1.54, 1.807) is 0 Å². The largest absolute Gasteiger partial charge is 0.496 e. The fraction of sp³-hybridized carbons (Fsp3) is 0.400. The van der Waals surface area contributed by atoms with Crippen LogP contribution in [-0.2, 0) is 6.18 Å². The van der Waals surface area contributed by atoms with Crippen molar-refractivity contribution in [2.45, 2.75) is 31.1 Å². The maximum atomic E-state index is 13.2. The highest BCUT2D eigenvalue weighted by molar-refractivity contribution is 7.22. The highest BCUT2D eigenvalue weighted by atomic mass is 32.1. The maximum Gasteiger partial charge on any atom is 0.416 e. The van der Waals surface area contributed by atoms with Gasteiger partial charge in [0.15, 0.2) is 0 Å². The van der Waals surface area contributed by atoms with Crippen LogP contribution >= 0.6 is 11.3 Å². The molecule has 2 fully saturated rings. The van der Waals surface area contributed by atoms with Crippen LogP contribution in [0.5, 0.6) is 5.75 Å². The Morgan fingerprint density at radius 2 is 1.90 bits per heavy atom. The lowest BCUT2D eigenvalue weighted by molar-refractivity contribution is -0.137. The molecule has 2 aromatic heterocycles. The number of hydrogen-bond acceptors (Lipinski definition) is 6. The van der Waals surface area contributed by atoms with Crippen LogP contribution in [0.25, 0.3) is 20.7 Å². The summed E-state index contributed by atoms with van der Waals surface area (Å²) in [5, 5.41) is 4.47. The van der Waals surface area contributed by atoms with Gasteiger partial charge in [0.1, 0.15) is 22.7 Å². The first kappa shape index (κ1) is 18.6. The zero-order valence-electron chi connectivity index (χ0n) is 15.7. The molecule has 2 aliphatic rings. The second-order valence-corrected chi connectivity index (χ2v) is 8.51. The van der Waals surface area contributed by atoms with E-state index >= 15 is 0 Å². The van der Waals surface area contributed by atoms with Gasteiger partial charge in [-0.25, -0.2) is 9.97 Å². The Kier molecular flexibility index (Phi) is 4.40. The molecule has 152 valence electrons. The summed E-state index contributed by atoms with van der Waals surface area (Å²) < 4.78 is 45.0. The number of methoxy groups -OCH3 is 1. The van der Waals surface area contributed by atoms with Crippen molar-refractivity contribution in [2.75, 3.05) is 25.1 Å². The molecular weight excluding hydrogens is 401 g/mol. The first-order chi connectivity index (χ1) is 13.9. The first-order valence-electron chi connectivity index (χ1n) is 9.43. The van der Waals surface area contributed by atoms with Crippen LogP contribution in [0.15, 0.2) is 30.6 Å². The quantitative estimate of drug-likeness (QED) is 0.684. The summed E-state index contributed by atoms with van der Waals surface area (Å²) in [6.07, 6.45) is -0.564. The molecule has 0 spiro atoms. The van der Waals surface area contributed by atoms with Gasteiger partial charge in [-0.1, -0.05) is 0 Å². The van der Waals surface area contributed by atoms with E-state index < -0.39 is 11.7 Å². The van der Waals surface area contributed by atoms with E-state index in [1.165, 1.54) is 30.8 Å². The van der Waals surface area contributed by atoms with Gasteiger partial charge in [-0.3, -0.25) is 0 Å². The van der Waals surface area contributed by atoms with Crippen molar-refractivity contribution < 1.29 is 17.9 Å². The third-order valence-corrected chi connectivity index (χ3v) is 6.69. The number of benzene rings is 1. The molecule has 0 saturated carbocycles. The van der Waals surface area contributed by atoms with Crippen LogP contribution in [-0.4, -0.2) is 42.3 Å². The zero-order valence-corrected chi connectivity index (χ0v) is 16.5. The minimum Gasteiger partial charge on any atom is -0.496 e. The van der Waals surface area contributed by atoms with Crippen LogP contribution in [0, 0.1) is 0 Å². The zero-order chi connectivity index (χ0) is 20.2. The fourth-order valence-electron chi connectivity index (χ4n) is 4.27. The summed E-state index contributed by atoms with van der Waals surface area (Å²) in [6.45, 7) is 1.75.